The van der Waals surface area contributed by atoms with Crippen LogP contribution in [-0.2, 0) is 31.0 Å². The number of benzene rings is 4. The van der Waals surface area contributed by atoms with Gasteiger partial charge in [0.05, 0.1) is 47.6 Å². The Bertz CT molecular complexity index is 3920. The highest BCUT2D eigenvalue weighted by molar-refractivity contribution is 8.76. The van der Waals surface area contributed by atoms with Gasteiger partial charge in [-0.1, -0.05) is 95.8 Å². The highest BCUT2D eigenvalue weighted by atomic mass is 33.1. The van der Waals surface area contributed by atoms with Gasteiger partial charge in [-0.15, -0.1) is 0 Å². The van der Waals surface area contributed by atoms with Crippen LogP contribution in [0.3, 0.4) is 0 Å². The molecule has 12 aliphatic carbocycles. The molecule has 21 rings (SSSR count). The van der Waals surface area contributed by atoms with Gasteiger partial charge < -0.3 is 59.9 Å². The van der Waals surface area contributed by atoms with E-state index in [2.05, 4.69) is 65.9 Å². The Morgan fingerprint density at radius 1 is 0.772 bits per heavy atom. The number of aliphatic hydroxyl groups excluding tert-OH is 3. The fourth-order valence-electron chi connectivity index (χ4n) is 28.2. The average Bonchev–Trinajstić information content (AvgIpc) is 1.29. The molecule has 488 valence electrons. The fourth-order valence-corrected chi connectivity index (χ4v) is 31.0. The van der Waals surface area contributed by atoms with Crippen molar-refractivity contribution in [2.24, 2.45) is 80.3 Å². The number of phenols is 1. The van der Waals surface area contributed by atoms with E-state index in [1.54, 1.807) is 0 Å². The van der Waals surface area contributed by atoms with Crippen molar-refractivity contribution in [2.75, 3.05) is 18.6 Å². The lowest BCUT2D eigenvalue weighted by atomic mass is 9.37. The van der Waals surface area contributed by atoms with Crippen LogP contribution in [0.15, 0.2) is 78.9 Å². The first kappa shape index (κ1) is 58.4. The zero-order valence-electron chi connectivity index (χ0n) is 53.1. The summed E-state index contributed by atoms with van der Waals surface area (Å²) < 4.78 is 29.4. The normalized spacial score (nSPS) is 48.0. The van der Waals surface area contributed by atoms with E-state index >= 15 is 9.90 Å². The number of phenolic OH excluding ortho intramolecular Hbond substituents is 1. The second-order valence-corrected chi connectivity index (χ2v) is 36.0. The first-order valence-corrected chi connectivity index (χ1v) is 38.7. The minimum Gasteiger partial charge on any atom is -0.508 e. The summed E-state index contributed by atoms with van der Waals surface area (Å²) in [6, 6.07) is 22.5. The molecule has 16 aliphatic rings. The van der Waals surface area contributed by atoms with Gasteiger partial charge in [-0.2, -0.15) is 0 Å². The standard InChI is InChI=1S/C77H92N2O11S2/c1-78-59-38-92-91-37-54-49-16-12-43-29-45-21-25-73(75(45,62(43)49)55-17-15-47(81)31-51(54)55)65(82)53(59)32-52-56-35-74(71(22-6-7-23-71)26-27-72(74)34-46-14-19-60(87-48-10-4-5-11-48)44-20-24-70(46,33-44)39-72)69(84)77(86)76(56,85)67(89-66(52)73)64(90-77)68(83)88-63-58(36-80)79-57-18-13-42-28-40-8-2-3-9-41(40)30-50(42)61(57)63/h2-3,8-9,13-15,17-19,28,30-31,43-46,48-49,52-54,56,59-60,62,64-67,69,78-82,84-86H,4-7,10-12,16,20-27,29,32-39H2,1H3/t43-,44+,45-,46-,49-,52+,53-,54+,56-,59-,60-,62+,64+,65+,66+,67-,69+,70-,72+,73+,74-,75+,76+,77-/m0/s1. The molecular weight excluding hydrogens is 1190 g/mol. The molecule has 0 amide bonds. The third kappa shape index (κ3) is 7.01. The van der Waals surface area contributed by atoms with Crippen LogP contribution >= 0.6 is 21.6 Å². The second kappa shape index (κ2) is 20.0. The first-order chi connectivity index (χ1) is 44.7. The van der Waals surface area contributed by atoms with Gasteiger partial charge in [-0.25, -0.2) is 4.79 Å². The van der Waals surface area contributed by atoms with E-state index in [0.29, 0.717) is 59.7 Å². The molecule has 15 heteroatoms. The number of nitrogens with one attached hydrogen (secondary N) is 2. The SMILES string of the molecule is CN[C@H]1CSSC[C@H]2c3cc(O)ccc3[C@@]34[C@@H](CC[C@]35[C@H](O)[C@H]1C[C@H]1[C@H]5O[C@H]3[C@H](C(=O)Oc5c(CO)[nH]c6ccc7cc8ccccc8cc7c56)O[C@@]5(O)[C@H](O)[C@@]6(C[C@@H]1[C@@]35O)C1(CCCC1)CC[C@]61C[C@@H]3C=C[C@H](OC5CCCC5)[C@@H]5CC[C@]3(C5)C1)C[C@@H]1CC[C@@H]2[C@@H]14. The summed E-state index contributed by atoms with van der Waals surface area (Å²) in [5.41, 5.74) is -2.14. The molecule has 4 aliphatic heterocycles. The van der Waals surface area contributed by atoms with Gasteiger partial charge in [-0.3, -0.25) is 0 Å². The third-order valence-electron chi connectivity index (χ3n) is 31.1. The Kier molecular flexibility index (Phi) is 12.7. The lowest BCUT2D eigenvalue weighted by Gasteiger charge is -2.72. The molecule has 6 spiro atoms. The molecule has 1 aromatic heterocycles. The summed E-state index contributed by atoms with van der Waals surface area (Å²) >= 11 is 0. The molecule has 92 heavy (non-hydrogen) atoms. The number of aromatic hydroxyl groups is 1. The zero-order valence-corrected chi connectivity index (χ0v) is 54.7. The monoisotopic (exact) mass is 1280 g/mol. The number of aromatic nitrogens is 1. The van der Waals surface area contributed by atoms with Crippen molar-refractivity contribution < 1.29 is 54.4 Å². The lowest BCUT2D eigenvalue weighted by molar-refractivity contribution is -0.409. The lowest BCUT2D eigenvalue weighted by Crippen LogP contribution is -2.82. The molecule has 13 fully saturated rings. The van der Waals surface area contributed by atoms with E-state index in [1.165, 1.54) is 24.0 Å². The minimum atomic E-state index is -2.69. The van der Waals surface area contributed by atoms with Crippen LogP contribution in [0.2, 0.25) is 0 Å². The Balaban J connectivity index is 0.797. The fraction of sp³-hybridized carbons (Fsp3) is 0.675. The Labute approximate surface area is 547 Å². The van der Waals surface area contributed by atoms with Gasteiger partial charge in [0.25, 0.3) is 0 Å². The van der Waals surface area contributed by atoms with Gasteiger partial charge in [0.1, 0.15) is 18.0 Å². The van der Waals surface area contributed by atoms with Crippen LogP contribution in [0.4, 0.5) is 0 Å². The van der Waals surface area contributed by atoms with Crippen molar-refractivity contribution in [3.8, 4) is 11.5 Å². The van der Waals surface area contributed by atoms with Crippen molar-refractivity contribution in [1.82, 2.24) is 10.3 Å². The number of ether oxygens (including phenoxy) is 4. The summed E-state index contributed by atoms with van der Waals surface area (Å²) in [7, 11) is 5.88. The number of aliphatic hydroxyl groups is 5. The van der Waals surface area contributed by atoms with Gasteiger partial charge in [0.15, 0.2) is 17.5 Å². The van der Waals surface area contributed by atoms with Crippen LogP contribution in [0.5, 0.6) is 11.5 Å². The van der Waals surface area contributed by atoms with Crippen molar-refractivity contribution in [2.45, 2.75) is 219 Å². The van der Waals surface area contributed by atoms with Gasteiger partial charge in [0.2, 0.25) is 5.79 Å². The molecule has 5 aromatic rings. The molecular formula is C77H92N2O11S2. The number of hydrogen-bond donors (Lipinski definition) is 8. The molecule has 8 N–H and O–H groups in total. The predicted octanol–water partition coefficient (Wildman–Crippen LogP) is 12.4. The molecule has 6 bridgehead atoms. The largest absolute Gasteiger partial charge is 0.508 e. The number of allylic oxidation sites excluding steroid dienone is 1. The summed E-state index contributed by atoms with van der Waals surface area (Å²) in [5.74, 6) is -0.728. The number of aromatic amines is 1. The molecule has 5 heterocycles. The quantitative estimate of drug-likeness (QED) is 0.0345. The molecule has 0 unspecified atom stereocenters. The number of H-pyrrole nitrogens is 1. The van der Waals surface area contributed by atoms with E-state index in [9.17, 15) is 25.5 Å². The van der Waals surface area contributed by atoms with Crippen LogP contribution in [-0.4, -0.2) is 120 Å². The van der Waals surface area contributed by atoms with Crippen LogP contribution in [0.1, 0.15) is 164 Å². The van der Waals surface area contributed by atoms with Crippen molar-refractivity contribution in [3.05, 3.63) is 95.7 Å². The zero-order chi connectivity index (χ0) is 61.8. The van der Waals surface area contributed by atoms with Crippen LogP contribution in [0, 0.1) is 80.3 Å². The van der Waals surface area contributed by atoms with Crippen LogP contribution in [0.25, 0.3) is 32.4 Å². The van der Waals surface area contributed by atoms with E-state index < -0.39 is 88.0 Å². The van der Waals surface area contributed by atoms with Crippen molar-refractivity contribution in [1.29, 1.82) is 0 Å². The minimum absolute atomic E-state index is 0.00763. The summed E-state index contributed by atoms with van der Waals surface area (Å²) in [5, 5.41) is 90.5. The number of carbonyl (C=O) groups excluding carboxylic acids is 1. The molecule has 4 aromatic carbocycles. The van der Waals surface area contributed by atoms with E-state index in [0.717, 1.165) is 142 Å². The number of esters is 1. The smallest absolute Gasteiger partial charge is 0.343 e. The second-order valence-electron chi connectivity index (χ2n) is 33.4. The number of carbonyl (C=O) groups is 1. The van der Waals surface area contributed by atoms with Crippen molar-refractivity contribution in [3.63, 3.8) is 0 Å². The van der Waals surface area contributed by atoms with Crippen LogP contribution < -0.4 is 10.1 Å². The summed E-state index contributed by atoms with van der Waals surface area (Å²) in [6.07, 6.45) is 20.4. The van der Waals surface area contributed by atoms with E-state index in [-0.39, 0.29) is 64.1 Å². The van der Waals surface area contributed by atoms with E-state index in [1.807, 2.05) is 51.9 Å². The highest BCUT2D eigenvalue weighted by Crippen LogP contribution is 2.86. The molecule has 10 saturated carbocycles. The van der Waals surface area contributed by atoms with Gasteiger partial charge in [-0.05, 0) is 249 Å². The maximum absolute atomic E-state index is 16.4. The Morgan fingerprint density at radius 3 is 2.41 bits per heavy atom. The topological polar surface area (TPSA) is 203 Å². The maximum Gasteiger partial charge on any atom is 0.343 e. The maximum atomic E-state index is 16.4. The molecule has 0 radical (unpaired) electrons. The molecule has 13 nitrogen and oxygen atoms in total. The Hall–Kier alpha value is -3.71. The number of fused-ring (bicyclic) bond motifs is 13. The number of rotatable bonds is 6. The predicted molar refractivity (Wildman–Crippen MR) is 354 cm³/mol. The first-order valence-electron chi connectivity index (χ1n) is 36.2. The molecule has 3 saturated heterocycles. The average molecular weight is 1290 g/mol. The summed E-state index contributed by atoms with van der Waals surface area (Å²) in [4.78, 5) is 19.8. The van der Waals surface area contributed by atoms with Crippen molar-refractivity contribution >= 4 is 60.0 Å². The Morgan fingerprint density at radius 2 is 1.59 bits per heavy atom. The molecule has 24 atom stereocenters. The third-order valence-corrected chi connectivity index (χ3v) is 33.5. The van der Waals surface area contributed by atoms with E-state index in [4.69, 9.17) is 18.9 Å². The van der Waals surface area contributed by atoms with Gasteiger partial charge in [0, 0.05) is 45.6 Å². The summed E-state index contributed by atoms with van der Waals surface area (Å²) in [6.45, 7) is -0.464. The highest BCUT2D eigenvalue weighted by Gasteiger charge is 2.90. The number of hydrogen-bond acceptors (Lipinski definition) is 14. The van der Waals surface area contributed by atoms with Gasteiger partial charge >= 0.3 is 5.97 Å².